The summed E-state index contributed by atoms with van der Waals surface area (Å²) in [6.07, 6.45) is 0. The summed E-state index contributed by atoms with van der Waals surface area (Å²) in [7, 11) is -3.34. The van der Waals surface area contributed by atoms with E-state index in [0.29, 0.717) is 5.56 Å². The van der Waals surface area contributed by atoms with E-state index in [-0.39, 0.29) is 5.75 Å². The van der Waals surface area contributed by atoms with E-state index in [2.05, 4.69) is 5.32 Å². The maximum absolute atomic E-state index is 11.7. The predicted molar refractivity (Wildman–Crippen MR) is 61.4 cm³/mol. The van der Waals surface area contributed by atoms with Gasteiger partial charge in [-0.3, -0.25) is 9.59 Å². The van der Waals surface area contributed by atoms with Crippen molar-refractivity contribution in [2.75, 3.05) is 11.5 Å². The summed E-state index contributed by atoms with van der Waals surface area (Å²) in [6, 6.07) is 7.45. The maximum Gasteiger partial charge on any atom is 0.251 e. The van der Waals surface area contributed by atoms with Crippen molar-refractivity contribution >= 4 is 21.5 Å². The molecule has 0 bridgehead atoms. The van der Waals surface area contributed by atoms with Crippen molar-refractivity contribution in [3.8, 4) is 0 Å². The molecule has 1 unspecified atom stereocenters. The molecular formula is C11H11NO4S. The minimum Gasteiger partial charge on any atom is -0.341 e. The Bertz CT molecular complexity index is 550. The molecule has 1 aliphatic rings. The van der Waals surface area contributed by atoms with E-state index in [0.717, 1.165) is 0 Å². The molecule has 0 saturated carbocycles. The first kappa shape index (κ1) is 11.8. The Balaban J connectivity index is 2.08. The summed E-state index contributed by atoms with van der Waals surface area (Å²) < 4.78 is 22.4. The molecule has 1 aliphatic heterocycles. The zero-order valence-corrected chi connectivity index (χ0v) is 9.74. The Kier molecular flexibility index (Phi) is 2.97. The molecule has 0 spiro atoms. The van der Waals surface area contributed by atoms with Crippen molar-refractivity contribution in [3.63, 3.8) is 0 Å². The molecule has 1 amide bonds. The Morgan fingerprint density at radius 3 is 2.41 bits per heavy atom. The zero-order chi connectivity index (χ0) is 12.5. The first-order valence-corrected chi connectivity index (χ1v) is 6.89. The summed E-state index contributed by atoms with van der Waals surface area (Å²) in [6.45, 7) is 0. The fraction of sp³-hybridized carbons (Fsp3) is 0.273. The van der Waals surface area contributed by atoms with Gasteiger partial charge in [0.15, 0.2) is 15.6 Å². The van der Waals surface area contributed by atoms with Crippen molar-refractivity contribution in [1.82, 2.24) is 5.32 Å². The van der Waals surface area contributed by atoms with E-state index in [9.17, 15) is 18.0 Å². The molecule has 0 radical (unpaired) electrons. The monoisotopic (exact) mass is 253 g/mol. The largest absolute Gasteiger partial charge is 0.341 e. The average molecular weight is 253 g/mol. The van der Waals surface area contributed by atoms with Crippen LogP contribution in [0.25, 0.3) is 0 Å². The van der Waals surface area contributed by atoms with Gasteiger partial charge in [0, 0.05) is 5.56 Å². The van der Waals surface area contributed by atoms with Crippen LogP contribution in [0.15, 0.2) is 30.3 Å². The van der Waals surface area contributed by atoms with Crippen LogP contribution in [-0.2, 0) is 14.6 Å². The third-order valence-electron chi connectivity index (χ3n) is 2.51. The fourth-order valence-electron chi connectivity index (χ4n) is 1.68. The highest BCUT2D eigenvalue weighted by Crippen LogP contribution is 2.09. The molecule has 0 aliphatic carbocycles. The molecule has 1 fully saturated rings. The van der Waals surface area contributed by atoms with E-state index in [4.69, 9.17) is 0 Å². The van der Waals surface area contributed by atoms with Crippen LogP contribution in [-0.4, -0.2) is 37.7 Å². The van der Waals surface area contributed by atoms with E-state index in [1.54, 1.807) is 30.3 Å². The number of nitrogens with one attached hydrogen (secondary N) is 1. The van der Waals surface area contributed by atoms with Crippen LogP contribution in [0.1, 0.15) is 10.4 Å². The van der Waals surface area contributed by atoms with E-state index in [1.807, 2.05) is 0 Å². The van der Waals surface area contributed by atoms with Crippen molar-refractivity contribution in [1.29, 1.82) is 0 Å². The van der Waals surface area contributed by atoms with Crippen molar-refractivity contribution in [3.05, 3.63) is 35.9 Å². The van der Waals surface area contributed by atoms with Crippen LogP contribution in [0, 0.1) is 0 Å². The van der Waals surface area contributed by atoms with Gasteiger partial charge in [-0.15, -0.1) is 0 Å². The molecular weight excluding hydrogens is 242 g/mol. The highest BCUT2D eigenvalue weighted by molar-refractivity contribution is 7.92. The number of sulfone groups is 1. The maximum atomic E-state index is 11.7. The van der Waals surface area contributed by atoms with Crippen molar-refractivity contribution in [2.45, 2.75) is 6.04 Å². The van der Waals surface area contributed by atoms with Gasteiger partial charge >= 0.3 is 0 Å². The third kappa shape index (κ3) is 2.71. The molecule has 1 aromatic carbocycles. The van der Waals surface area contributed by atoms with Crippen LogP contribution >= 0.6 is 0 Å². The van der Waals surface area contributed by atoms with Crippen LogP contribution in [0.5, 0.6) is 0 Å². The van der Waals surface area contributed by atoms with Gasteiger partial charge in [-0.1, -0.05) is 18.2 Å². The number of ketones is 1. The van der Waals surface area contributed by atoms with Gasteiger partial charge in [0.05, 0.1) is 5.75 Å². The first-order valence-electron chi connectivity index (χ1n) is 5.07. The fourth-order valence-corrected chi connectivity index (χ4v) is 3.21. The zero-order valence-electron chi connectivity index (χ0n) is 8.92. The molecule has 1 saturated heterocycles. The predicted octanol–water partition coefficient (Wildman–Crippen LogP) is -0.218. The van der Waals surface area contributed by atoms with E-state index in [1.165, 1.54) is 0 Å². The quantitative estimate of drug-likeness (QED) is 0.790. The molecule has 1 atom stereocenters. The van der Waals surface area contributed by atoms with Gasteiger partial charge in [0.25, 0.3) is 5.91 Å². The SMILES string of the molecule is O=C(NC1CS(=O)(=O)CC1=O)c1ccccc1. The molecule has 5 nitrogen and oxygen atoms in total. The minimum atomic E-state index is -3.34. The van der Waals surface area contributed by atoms with Crippen LogP contribution in [0.2, 0.25) is 0 Å². The average Bonchev–Trinajstić information content (AvgIpc) is 2.53. The number of hydrogen-bond donors (Lipinski definition) is 1. The summed E-state index contributed by atoms with van der Waals surface area (Å²) >= 11 is 0. The van der Waals surface area contributed by atoms with Crippen molar-refractivity contribution < 1.29 is 18.0 Å². The molecule has 17 heavy (non-hydrogen) atoms. The molecule has 1 N–H and O–H groups in total. The smallest absolute Gasteiger partial charge is 0.251 e. The second kappa shape index (κ2) is 4.29. The summed E-state index contributed by atoms with van der Waals surface area (Å²) in [5.74, 6) is -1.66. The molecule has 2 rings (SSSR count). The highest BCUT2D eigenvalue weighted by Gasteiger charge is 2.36. The number of carbonyl (C=O) groups is 2. The van der Waals surface area contributed by atoms with Gasteiger partial charge in [0.1, 0.15) is 11.8 Å². The number of amides is 1. The summed E-state index contributed by atoms with van der Waals surface area (Å²) in [5.41, 5.74) is 0.407. The molecule has 1 heterocycles. The minimum absolute atomic E-state index is 0.301. The Morgan fingerprint density at radius 1 is 1.24 bits per heavy atom. The molecule has 0 aromatic heterocycles. The number of Topliss-reactive ketones (excluding diaryl/α,β-unsaturated/α-hetero) is 1. The standard InChI is InChI=1S/C11H11NO4S/c13-10-7-17(15,16)6-9(10)12-11(14)8-4-2-1-3-5-8/h1-5,9H,6-7H2,(H,12,14). The van der Waals surface area contributed by atoms with Gasteiger partial charge in [-0.2, -0.15) is 0 Å². The Hall–Kier alpha value is -1.69. The number of benzene rings is 1. The van der Waals surface area contributed by atoms with Gasteiger partial charge in [-0.25, -0.2) is 8.42 Å². The highest BCUT2D eigenvalue weighted by atomic mass is 32.2. The Morgan fingerprint density at radius 2 is 1.88 bits per heavy atom. The molecule has 6 heteroatoms. The van der Waals surface area contributed by atoms with Crippen LogP contribution in [0.4, 0.5) is 0 Å². The lowest BCUT2D eigenvalue weighted by Crippen LogP contribution is -2.40. The molecule has 1 aromatic rings. The third-order valence-corrected chi connectivity index (χ3v) is 4.08. The van der Waals surface area contributed by atoms with Crippen molar-refractivity contribution in [2.24, 2.45) is 0 Å². The van der Waals surface area contributed by atoms with Gasteiger partial charge in [0.2, 0.25) is 0 Å². The van der Waals surface area contributed by atoms with Crippen LogP contribution in [0.3, 0.4) is 0 Å². The van der Waals surface area contributed by atoms with E-state index < -0.39 is 33.3 Å². The number of carbonyl (C=O) groups excluding carboxylic acids is 2. The second-order valence-electron chi connectivity index (χ2n) is 3.91. The van der Waals surface area contributed by atoms with Crippen LogP contribution < -0.4 is 5.32 Å². The normalized spacial score (nSPS) is 22.4. The number of rotatable bonds is 2. The number of hydrogen-bond acceptors (Lipinski definition) is 4. The lowest BCUT2D eigenvalue weighted by atomic mass is 10.2. The van der Waals surface area contributed by atoms with E-state index >= 15 is 0 Å². The summed E-state index contributed by atoms with van der Waals surface area (Å²) in [4.78, 5) is 23.1. The van der Waals surface area contributed by atoms with Gasteiger partial charge in [-0.05, 0) is 12.1 Å². The lowest BCUT2D eigenvalue weighted by Gasteiger charge is -2.09. The first-order chi connectivity index (χ1) is 7.98. The Labute approximate surface area is 98.7 Å². The molecule has 90 valence electrons. The summed E-state index contributed by atoms with van der Waals surface area (Å²) in [5, 5.41) is 2.43. The second-order valence-corrected chi connectivity index (χ2v) is 6.02. The van der Waals surface area contributed by atoms with Gasteiger partial charge < -0.3 is 5.32 Å². The lowest BCUT2D eigenvalue weighted by molar-refractivity contribution is -0.117. The topological polar surface area (TPSA) is 80.3 Å².